The minimum Gasteiger partial charge on any atom is -0.480 e. The first-order valence-corrected chi connectivity index (χ1v) is 12.4. The van der Waals surface area contributed by atoms with Crippen LogP contribution >= 0.6 is 0 Å². The van der Waals surface area contributed by atoms with E-state index < -0.39 is 53.8 Å². The molecule has 1 aliphatic heterocycles. The standard InChI is InChI=1S/C22H41N9O6/c1-13(20(35)31-11-5-8-16(31)21(36)37)28-18(33)15(6-2-3-9-23)30-19(34)14(29-17(32)12-24)7-4-10-27-22(25)26/h13-16H,2-12,23-24H2,1H3,(H,28,33)(H,29,32)(H,30,34)(H,36,37)(H4,25,26,27)/t13-,14-,15-,16-/m0/s1. The summed E-state index contributed by atoms with van der Waals surface area (Å²) in [5, 5.41) is 17.1. The van der Waals surface area contributed by atoms with Crippen LogP contribution in [0.15, 0.2) is 4.99 Å². The number of carboxylic acids is 1. The first-order valence-electron chi connectivity index (χ1n) is 12.4. The molecule has 4 amide bonds. The lowest BCUT2D eigenvalue weighted by atomic mass is 10.1. The van der Waals surface area contributed by atoms with Crippen molar-refractivity contribution >= 4 is 35.6 Å². The van der Waals surface area contributed by atoms with Crippen LogP contribution in [-0.4, -0.2) is 95.9 Å². The van der Waals surface area contributed by atoms with Crippen LogP contribution in [0.1, 0.15) is 51.9 Å². The number of carbonyl (C=O) groups is 5. The fourth-order valence-electron chi connectivity index (χ4n) is 3.97. The number of amides is 4. The molecule has 1 heterocycles. The highest BCUT2D eigenvalue weighted by Crippen LogP contribution is 2.18. The van der Waals surface area contributed by atoms with Crippen molar-refractivity contribution in [2.45, 2.75) is 76.0 Å². The molecule has 0 aromatic carbocycles. The van der Waals surface area contributed by atoms with Crippen molar-refractivity contribution in [2.75, 3.05) is 26.2 Å². The first kappa shape index (κ1) is 31.6. The summed E-state index contributed by atoms with van der Waals surface area (Å²) in [4.78, 5) is 67.3. The Morgan fingerprint density at radius 1 is 0.973 bits per heavy atom. The largest absolute Gasteiger partial charge is 0.480 e. The van der Waals surface area contributed by atoms with Gasteiger partial charge in [0.1, 0.15) is 24.2 Å². The summed E-state index contributed by atoms with van der Waals surface area (Å²) >= 11 is 0. The van der Waals surface area contributed by atoms with Crippen LogP contribution in [0.5, 0.6) is 0 Å². The molecule has 0 unspecified atom stereocenters. The summed E-state index contributed by atoms with van der Waals surface area (Å²) < 4.78 is 0. The Labute approximate surface area is 216 Å². The Morgan fingerprint density at radius 3 is 2.19 bits per heavy atom. The summed E-state index contributed by atoms with van der Waals surface area (Å²) in [7, 11) is 0. The molecule has 12 N–H and O–H groups in total. The van der Waals surface area contributed by atoms with Gasteiger partial charge in [0.05, 0.1) is 6.54 Å². The van der Waals surface area contributed by atoms with Crippen molar-refractivity contribution in [1.82, 2.24) is 20.9 Å². The summed E-state index contributed by atoms with van der Waals surface area (Å²) in [6, 6.07) is -3.94. The maximum absolute atomic E-state index is 13.1. The highest BCUT2D eigenvalue weighted by atomic mass is 16.4. The van der Waals surface area contributed by atoms with Gasteiger partial charge in [-0.05, 0) is 58.4 Å². The molecule has 1 saturated heterocycles. The average molecular weight is 528 g/mol. The van der Waals surface area contributed by atoms with Gasteiger partial charge >= 0.3 is 5.97 Å². The van der Waals surface area contributed by atoms with E-state index in [1.54, 1.807) is 0 Å². The van der Waals surface area contributed by atoms with E-state index in [9.17, 15) is 29.1 Å². The van der Waals surface area contributed by atoms with Crippen molar-refractivity contribution in [3.63, 3.8) is 0 Å². The number of aliphatic imine (C=N–C) groups is 1. The second-order valence-corrected chi connectivity index (χ2v) is 8.88. The van der Waals surface area contributed by atoms with Crippen molar-refractivity contribution in [3.8, 4) is 0 Å². The number of carboxylic acid groups (broad SMARTS) is 1. The van der Waals surface area contributed by atoms with Gasteiger partial charge in [-0.1, -0.05) is 0 Å². The molecule has 1 rings (SSSR count). The molecular formula is C22H41N9O6. The van der Waals surface area contributed by atoms with Crippen LogP contribution in [-0.2, 0) is 24.0 Å². The van der Waals surface area contributed by atoms with Gasteiger partial charge in [-0.2, -0.15) is 0 Å². The van der Waals surface area contributed by atoms with Gasteiger partial charge in [0, 0.05) is 13.1 Å². The number of aliphatic carboxylic acids is 1. The number of nitrogens with two attached hydrogens (primary N) is 4. The zero-order valence-corrected chi connectivity index (χ0v) is 21.3. The third-order valence-corrected chi connectivity index (χ3v) is 5.91. The molecule has 0 aromatic rings. The zero-order chi connectivity index (χ0) is 28.0. The fourth-order valence-corrected chi connectivity index (χ4v) is 3.97. The third kappa shape index (κ3) is 11.0. The summed E-state index contributed by atoms with van der Waals surface area (Å²) in [6.45, 7) is 2.05. The number of hydrogen-bond acceptors (Lipinski definition) is 8. The first-order chi connectivity index (χ1) is 17.5. The van der Waals surface area contributed by atoms with E-state index in [1.165, 1.54) is 11.8 Å². The van der Waals surface area contributed by atoms with Crippen molar-refractivity contribution in [1.29, 1.82) is 0 Å². The molecular weight excluding hydrogens is 486 g/mol. The molecule has 15 heteroatoms. The van der Waals surface area contributed by atoms with E-state index in [4.69, 9.17) is 22.9 Å². The van der Waals surface area contributed by atoms with Crippen molar-refractivity contribution < 1.29 is 29.1 Å². The predicted molar refractivity (Wildman–Crippen MR) is 136 cm³/mol. The molecule has 0 radical (unpaired) electrons. The SMILES string of the molecule is C[C@H](NC(=O)[C@H](CCCCN)NC(=O)[C@H](CCCN=C(N)N)NC(=O)CN)C(=O)N1CCC[C@H]1C(=O)O. The highest BCUT2D eigenvalue weighted by Gasteiger charge is 2.37. The smallest absolute Gasteiger partial charge is 0.326 e. The number of likely N-dealkylation sites (tertiary alicyclic amines) is 1. The Hall–Kier alpha value is -3.46. The maximum Gasteiger partial charge on any atom is 0.326 e. The lowest BCUT2D eigenvalue weighted by molar-refractivity contribution is -0.149. The van der Waals surface area contributed by atoms with Crippen LogP contribution in [0.3, 0.4) is 0 Å². The van der Waals surface area contributed by atoms with Crippen molar-refractivity contribution in [2.24, 2.45) is 27.9 Å². The summed E-state index contributed by atoms with van der Waals surface area (Å²) in [6.07, 6.45) is 2.83. The van der Waals surface area contributed by atoms with E-state index in [-0.39, 0.29) is 38.4 Å². The van der Waals surface area contributed by atoms with Crippen LogP contribution < -0.4 is 38.9 Å². The maximum atomic E-state index is 13.1. The number of guanidine groups is 1. The summed E-state index contributed by atoms with van der Waals surface area (Å²) in [5.41, 5.74) is 21.5. The minimum atomic E-state index is -1.10. The van der Waals surface area contributed by atoms with Crippen LogP contribution in [0.4, 0.5) is 0 Å². The molecule has 210 valence electrons. The van der Waals surface area contributed by atoms with Gasteiger partial charge in [0.2, 0.25) is 23.6 Å². The molecule has 15 nitrogen and oxygen atoms in total. The third-order valence-electron chi connectivity index (χ3n) is 5.91. The predicted octanol–water partition coefficient (Wildman–Crippen LogP) is -3.32. The molecule has 1 fully saturated rings. The lowest BCUT2D eigenvalue weighted by Crippen LogP contribution is -2.57. The molecule has 4 atom stereocenters. The zero-order valence-electron chi connectivity index (χ0n) is 21.3. The second-order valence-electron chi connectivity index (χ2n) is 8.88. The monoisotopic (exact) mass is 527 g/mol. The Balaban J connectivity index is 2.91. The Kier molecular flexibility index (Phi) is 13.9. The summed E-state index contributed by atoms with van der Waals surface area (Å²) in [5.74, 6) is -3.48. The van der Waals surface area contributed by atoms with Crippen LogP contribution in [0, 0.1) is 0 Å². The molecule has 0 spiro atoms. The van der Waals surface area contributed by atoms with Gasteiger partial charge in [-0.25, -0.2) is 4.79 Å². The van der Waals surface area contributed by atoms with E-state index in [1.807, 2.05) is 0 Å². The molecule has 0 bridgehead atoms. The molecule has 0 saturated carbocycles. The number of nitrogens with one attached hydrogen (secondary N) is 3. The average Bonchev–Trinajstić information content (AvgIpc) is 3.34. The van der Waals surface area contributed by atoms with Gasteiger partial charge in [0.15, 0.2) is 5.96 Å². The van der Waals surface area contributed by atoms with Crippen LogP contribution in [0.25, 0.3) is 0 Å². The van der Waals surface area contributed by atoms with Gasteiger partial charge in [-0.15, -0.1) is 0 Å². The molecule has 37 heavy (non-hydrogen) atoms. The highest BCUT2D eigenvalue weighted by molar-refractivity contribution is 5.95. The van der Waals surface area contributed by atoms with E-state index in [0.29, 0.717) is 38.6 Å². The quantitative estimate of drug-likeness (QED) is 0.0562. The Bertz CT molecular complexity index is 833. The van der Waals surface area contributed by atoms with E-state index >= 15 is 0 Å². The Morgan fingerprint density at radius 2 is 1.59 bits per heavy atom. The number of unbranched alkanes of at least 4 members (excludes halogenated alkanes) is 1. The number of hydrogen-bond donors (Lipinski definition) is 8. The van der Waals surface area contributed by atoms with Gasteiger partial charge in [0.25, 0.3) is 0 Å². The number of rotatable bonds is 16. The van der Waals surface area contributed by atoms with E-state index in [2.05, 4.69) is 20.9 Å². The van der Waals surface area contributed by atoms with Gasteiger partial charge < -0.3 is 48.9 Å². The minimum absolute atomic E-state index is 0.101. The molecule has 0 aromatic heterocycles. The second kappa shape index (κ2) is 16.3. The normalized spacial score (nSPS) is 17.3. The molecule has 0 aliphatic carbocycles. The number of carbonyl (C=O) groups excluding carboxylic acids is 4. The van der Waals surface area contributed by atoms with E-state index in [0.717, 1.165) is 0 Å². The molecule has 1 aliphatic rings. The van der Waals surface area contributed by atoms with Crippen molar-refractivity contribution in [3.05, 3.63) is 0 Å². The lowest BCUT2D eigenvalue weighted by Gasteiger charge is -2.27. The topological polar surface area (TPSA) is 261 Å². The fraction of sp³-hybridized carbons (Fsp3) is 0.727. The van der Waals surface area contributed by atoms with Crippen LogP contribution in [0.2, 0.25) is 0 Å². The van der Waals surface area contributed by atoms with Gasteiger partial charge in [-0.3, -0.25) is 24.2 Å². The number of nitrogens with zero attached hydrogens (tertiary/aromatic N) is 2.